The molecule has 6 nitrogen and oxygen atoms in total. The van der Waals surface area contributed by atoms with E-state index < -0.39 is 10.0 Å². The minimum atomic E-state index is -3.35. The third-order valence-corrected chi connectivity index (χ3v) is 7.02. The van der Waals surface area contributed by atoms with Gasteiger partial charge in [-0.1, -0.05) is 13.8 Å². The maximum atomic E-state index is 12.4. The summed E-state index contributed by atoms with van der Waals surface area (Å²) < 4.78 is 26.7. The highest BCUT2D eigenvalue weighted by molar-refractivity contribution is 7.91. The van der Waals surface area contributed by atoms with Gasteiger partial charge >= 0.3 is 0 Å². The summed E-state index contributed by atoms with van der Waals surface area (Å²) in [6.45, 7) is 7.02. The highest BCUT2D eigenvalue weighted by Gasteiger charge is 2.23. The Labute approximate surface area is 130 Å². The van der Waals surface area contributed by atoms with Crippen molar-refractivity contribution in [2.45, 2.75) is 24.6 Å². The van der Waals surface area contributed by atoms with Crippen LogP contribution in [0.4, 0.5) is 0 Å². The fraction of sp³-hybridized carbons (Fsp3) is 0.615. The van der Waals surface area contributed by atoms with Crippen molar-refractivity contribution in [3.05, 3.63) is 17.0 Å². The van der Waals surface area contributed by atoms with Crippen molar-refractivity contribution >= 4 is 27.3 Å². The third-order valence-electron chi connectivity index (χ3n) is 3.42. The third kappa shape index (κ3) is 3.56. The van der Waals surface area contributed by atoms with Crippen molar-refractivity contribution in [3.8, 4) is 0 Å². The summed E-state index contributed by atoms with van der Waals surface area (Å²) in [5.74, 6) is 0.872. The number of likely N-dealkylation sites (N-methyl/N-ethyl adjacent to an activating group) is 1. The minimum Gasteiger partial charge on any atom is -0.351 e. The van der Waals surface area contributed by atoms with Crippen LogP contribution in [0.5, 0.6) is 0 Å². The zero-order valence-electron chi connectivity index (χ0n) is 12.7. The minimum absolute atomic E-state index is 0.407. The fourth-order valence-corrected chi connectivity index (χ4v) is 5.08. The number of hydrogen-bond acceptors (Lipinski definition) is 6. The monoisotopic (exact) mass is 330 g/mol. The fourth-order valence-electron chi connectivity index (χ4n) is 2.17. The first kappa shape index (κ1) is 16.3. The topological polar surface area (TPSA) is 65.0 Å². The molecule has 2 rings (SSSR count). The van der Waals surface area contributed by atoms with Crippen LogP contribution in [0.15, 0.2) is 21.3 Å². The molecule has 0 aliphatic carbocycles. The predicted molar refractivity (Wildman–Crippen MR) is 86.2 cm³/mol. The molecule has 2 heterocycles. The number of thiophene rings is 1. The molecule has 0 aromatic carbocycles. The summed E-state index contributed by atoms with van der Waals surface area (Å²) in [5, 5.41) is 3.25. The van der Waals surface area contributed by atoms with Crippen LogP contribution < -0.4 is 5.32 Å². The molecule has 1 aliphatic heterocycles. The zero-order chi connectivity index (χ0) is 15.5. The molecule has 1 aliphatic rings. The Hall–Kier alpha value is -1.12. The SMILES string of the molecule is CCN(CC)S(=O)(=O)c1ccc(CNC2=NCCN2C)s1. The molecule has 0 saturated heterocycles. The van der Waals surface area contributed by atoms with Crippen LogP contribution in [0.1, 0.15) is 18.7 Å². The van der Waals surface area contributed by atoms with E-state index >= 15 is 0 Å². The van der Waals surface area contributed by atoms with E-state index in [9.17, 15) is 8.42 Å². The Balaban J connectivity index is 2.04. The highest BCUT2D eigenvalue weighted by atomic mass is 32.2. The maximum absolute atomic E-state index is 12.4. The summed E-state index contributed by atoms with van der Waals surface area (Å²) in [6.07, 6.45) is 0. The van der Waals surface area contributed by atoms with Crippen molar-refractivity contribution in [3.63, 3.8) is 0 Å². The molecule has 1 N–H and O–H groups in total. The quantitative estimate of drug-likeness (QED) is 0.850. The highest BCUT2D eigenvalue weighted by Crippen LogP contribution is 2.24. The van der Waals surface area contributed by atoms with Crippen molar-refractivity contribution in [1.82, 2.24) is 14.5 Å². The molecule has 0 saturated carbocycles. The number of nitrogens with zero attached hydrogens (tertiary/aromatic N) is 3. The van der Waals surface area contributed by atoms with Crippen molar-refractivity contribution in [2.75, 3.05) is 33.2 Å². The zero-order valence-corrected chi connectivity index (χ0v) is 14.3. The largest absolute Gasteiger partial charge is 0.351 e. The van der Waals surface area contributed by atoms with E-state index in [1.165, 1.54) is 15.6 Å². The van der Waals surface area contributed by atoms with E-state index in [0.29, 0.717) is 23.8 Å². The van der Waals surface area contributed by atoms with E-state index in [0.717, 1.165) is 23.9 Å². The number of sulfonamides is 1. The average molecular weight is 330 g/mol. The molecule has 0 amide bonds. The van der Waals surface area contributed by atoms with Gasteiger partial charge in [-0.2, -0.15) is 4.31 Å². The predicted octanol–water partition coefficient (Wildman–Crippen LogP) is 1.17. The Morgan fingerprint density at radius 1 is 1.38 bits per heavy atom. The first-order chi connectivity index (χ1) is 9.98. The van der Waals surface area contributed by atoms with Crippen molar-refractivity contribution < 1.29 is 8.42 Å². The van der Waals surface area contributed by atoms with Crippen LogP contribution in [0, 0.1) is 0 Å². The second kappa shape index (κ2) is 6.76. The molecular formula is C13H22N4O2S2. The summed E-state index contributed by atoms with van der Waals surface area (Å²) in [7, 11) is -1.36. The molecule has 21 heavy (non-hydrogen) atoms. The second-order valence-electron chi connectivity index (χ2n) is 4.79. The molecule has 0 spiro atoms. The molecule has 0 unspecified atom stereocenters. The first-order valence-electron chi connectivity index (χ1n) is 7.07. The lowest BCUT2D eigenvalue weighted by Gasteiger charge is -2.17. The van der Waals surface area contributed by atoms with Crippen molar-refractivity contribution in [1.29, 1.82) is 0 Å². The molecule has 0 radical (unpaired) electrons. The van der Waals surface area contributed by atoms with E-state index in [1.807, 2.05) is 27.0 Å². The van der Waals surface area contributed by atoms with Gasteiger partial charge in [0, 0.05) is 31.6 Å². The van der Waals surface area contributed by atoms with Gasteiger partial charge in [-0.3, -0.25) is 4.99 Å². The van der Waals surface area contributed by atoms with Crippen LogP contribution in [-0.4, -0.2) is 56.8 Å². The van der Waals surface area contributed by atoms with E-state index in [1.54, 1.807) is 6.07 Å². The van der Waals surface area contributed by atoms with Crippen LogP contribution in [0.3, 0.4) is 0 Å². The standard InChI is InChI=1S/C13H22N4O2S2/c1-4-17(5-2)21(18,19)12-7-6-11(20-12)10-15-13-14-8-9-16(13)3/h6-7H,4-5,8-10H2,1-3H3,(H,14,15). The number of guanidine groups is 1. The van der Waals surface area contributed by atoms with Gasteiger partial charge in [-0.15, -0.1) is 11.3 Å². The van der Waals surface area contributed by atoms with Gasteiger partial charge in [0.25, 0.3) is 10.0 Å². The Morgan fingerprint density at radius 3 is 2.67 bits per heavy atom. The number of nitrogens with one attached hydrogen (secondary N) is 1. The van der Waals surface area contributed by atoms with Gasteiger partial charge in [0.2, 0.25) is 0 Å². The van der Waals surface area contributed by atoms with Gasteiger partial charge in [0.1, 0.15) is 4.21 Å². The second-order valence-corrected chi connectivity index (χ2v) is 8.12. The molecule has 8 heteroatoms. The molecule has 1 aromatic heterocycles. The van der Waals surface area contributed by atoms with Gasteiger partial charge in [-0.25, -0.2) is 8.42 Å². The molecule has 0 bridgehead atoms. The average Bonchev–Trinajstić information content (AvgIpc) is 3.07. The molecule has 1 aromatic rings. The Bertz CT molecular complexity index is 605. The number of rotatable bonds is 6. The summed E-state index contributed by atoms with van der Waals surface area (Å²) in [6, 6.07) is 3.55. The lowest BCUT2D eigenvalue weighted by Crippen LogP contribution is -2.34. The van der Waals surface area contributed by atoms with Gasteiger partial charge in [0.05, 0.1) is 13.1 Å². The van der Waals surface area contributed by atoms with Gasteiger partial charge < -0.3 is 10.2 Å². The lowest BCUT2D eigenvalue weighted by atomic mass is 10.5. The molecule has 118 valence electrons. The van der Waals surface area contributed by atoms with Crippen LogP contribution in [-0.2, 0) is 16.6 Å². The summed E-state index contributed by atoms with van der Waals surface area (Å²) in [4.78, 5) is 7.40. The number of aliphatic imine (C=N–C) groups is 1. The Morgan fingerprint density at radius 2 is 2.10 bits per heavy atom. The normalized spacial score (nSPS) is 15.6. The van der Waals surface area contributed by atoms with Crippen molar-refractivity contribution in [2.24, 2.45) is 4.99 Å². The van der Waals surface area contributed by atoms with Gasteiger partial charge in [-0.05, 0) is 12.1 Å². The molecule has 0 fully saturated rings. The first-order valence-corrected chi connectivity index (χ1v) is 9.33. The smallest absolute Gasteiger partial charge is 0.252 e. The van der Waals surface area contributed by atoms with E-state index in [4.69, 9.17) is 0 Å². The van der Waals surface area contributed by atoms with Crippen LogP contribution >= 0.6 is 11.3 Å². The molecule has 0 atom stereocenters. The van der Waals surface area contributed by atoms with E-state index in [2.05, 4.69) is 15.2 Å². The lowest BCUT2D eigenvalue weighted by molar-refractivity contribution is 0.447. The Kier molecular flexibility index (Phi) is 5.23. The maximum Gasteiger partial charge on any atom is 0.252 e. The van der Waals surface area contributed by atoms with Gasteiger partial charge in [0.15, 0.2) is 5.96 Å². The number of hydrogen-bond donors (Lipinski definition) is 1. The van der Waals surface area contributed by atoms with Crippen LogP contribution in [0.2, 0.25) is 0 Å². The summed E-state index contributed by atoms with van der Waals surface area (Å²) in [5.41, 5.74) is 0. The van der Waals surface area contributed by atoms with Crippen LogP contribution in [0.25, 0.3) is 0 Å². The summed E-state index contributed by atoms with van der Waals surface area (Å²) >= 11 is 1.32. The molecular weight excluding hydrogens is 308 g/mol. The van der Waals surface area contributed by atoms with E-state index in [-0.39, 0.29) is 0 Å².